The van der Waals surface area contributed by atoms with Crippen molar-refractivity contribution in [3.63, 3.8) is 0 Å². The van der Waals surface area contributed by atoms with Crippen LogP contribution in [0.4, 0.5) is 5.69 Å². The third kappa shape index (κ3) is 2.10. The topological polar surface area (TPSA) is 43.0 Å². The molecule has 1 unspecified atom stereocenters. The second kappa shape index (κ2) is 4.43. The first kappa shape index (κ1) is 10.8. The van der Waals surface area contributed by atoms with Gasteiger partial charge in [0, 0.05) is 13.2 Å². The maximum atomic E-state index is 5.42. The first-order valence-corrected chi connectivity index (χ1v) is 5.51. The van der Waals surface area contributed by atoms with Crippen LogP contribution >= 0.6 is 0 Å². The van der Waals surface area contributed by atoms with E-state index in [0.717, 1.165) is 23.6 Å². The van der Waals surface area contributed by atoms with Gasteiger partial charge >= 0.3 is 0 Å². The highest BCUT2D eigenvalue weighted by Gasteiger charge is 2.13. The van der Waals surface area contributed by atoms with Gasteiger partial charge in [-0.15, -0.1) is 0 Å². The van der Waals surface area contributed by atoms with Gasteiger partial charge in [0.2, 0.25) is 0 Å². The number of aryl methyl sites for hydroxylation is 2. The van der Waals surface area contributed by atoms with Crippen molar-refractivity contribution in [2.75, 3.05) is 5.32 Å². The Labute approximate surface area is 95.3 Å². The van der Waals surface area contributed by atoms with Crippen LogP contribution in [0.15, 0.2) is 29.0 Å². The van der Waals surface area contributed by atoms with Crippen LogP contribution in [0, 0.1) is 6.92 Å². The van der Waals surface area contributed by atoms with Crippen molar-refractivity contribution < 1.29 is 4.42 Å². The zero-order chi connectivity index (χ0) is 11.5. The Hall–Kier alpha value is -1.71. The normalized spacial score (nSPS) is 12.7. The summed E-state index contributed by atoms with van der Waals surface area (Å²) in [6.07, 6.45) is 4.67. The third-order valence-corrected chi connectivity index (χ3v) is 2.64. The van der Waals surface area contributed by atoms with Crippen LogP contribution in [-0.4, -0.2) is 9.78 Å². The number of furan rings is 1. The van der Waals surface area contributed by atoms with Crippen molar-refractivity contribution in [3.8, 4) is 0 Å². The lowest BCUT2D eigenvalue weighted by atomic mass is 10.1. The molecule has 0 fully saturated rings. The highest BCUT2D eigenvalue weighted by molar-refractivity contribution is 5.47. The largest absolute Gasteiger partial charge is 0.467 e. The van der Waals surface area contributed by atoms with Gasteiger partial charge in [-0.2, -0.15) is 5.10 Å². The third-order valence-electron chi connectivity index (χ3n) is 2.64. The van der Waals surface area contributed by atoms with Gasteiger partial charge in [-0.25, -0.2) is 0 Å². The molecule has 1 atom stereocenters. The van der Waals surface area contributed by atoms with Gasteiger partial charge in [0.25, 0.3) is 0 Å². The Morgan fingerprint density at radius 3 is 2.88 bits per heavy atom. The maximum Gasteiger partial charge on any atom is 0.125 e. The molecule has 86 valence electrons. The van der Waals surface area contributed by atoms with E-state index < -0.39 is 0 Å². The van der Waals surface area contributed by atoms with Crippen LogP contribution in [0.2, 0.25) is 0 Å². The van der Waals surface area contributed by atoms with Gasteiger partial charge in [-0.3, -0.25) is 4.68 Å². The van der Waals surface area contributed by atoms with Crippen LogP contribution in [0.1, 0.15) is 30.8 Å². The summed E-state index contributed by atoms with van der Waals surface area (Å²) < 4.78 is 7.23. The second-order valence-corrected chi connectivity index (χ2v) is 3.92. The number of hydrogen-bond donors (Lipinski definition) is 1. The van der Waals surface area contributed by atoms with E-state index in [9.17, 15) is 0 Å². The predicted molar refractivity (Wildman–Crippen MR) is 63.3 cm³/mol. The summed E-state index contributed by atoms with van der Waals surface area (Å²) in [6, 6.07) is 4.11. The van der Waals surface area contributed by atoms with Crippen LogP contribution in [0.25, 0.3) is 0 Å². The van der Waals surface area contributed by atoms with E-state index >= 15 is 0 Å². The van der Waals surface area contributed by atoms with Crippen molar-refractivity contribution in [3.05, 3.63) is 36.0 Å². The van der Waals surface area contributed by atoms with Crippen LogP contribution in [0.5, 0.6) is 0 Å². The molecular formula is C12H17N3O. The monoisotopic (exact) mass is 219 g/mol. The van der Waals surface area contributed by atoms with Crippen LogP contribution in [-0.2, 0) is 7.05 Å². The van der Waals surface area contributed by atoms with Gasteiger partial charge in [-0.05, 0) is 25.5 Å². The van der Waals surface area contributed by atoms with Crippen molar-refractivity contribution in [1.82, 2.24) is 9.78 Å². The van der Waals surface area contributed by atoms with Crippen molar-refractivity contribution in [2.24, 2.45) is 7.05 Å². The van der Waals surface area contributed by atoms with E-state index in [2.05, 4.69) is 17.3 Å². The van der Waals surface area contributed by atoms with Gasteiger partial charge in [0.05, 0.1) is 23.7 Å². The molecule has 0 aliphatic carbocycles. The van der Waals surface area contributed by atoms with E-state index in [1.807, 2.05) is 37.0 Å². The molecule has 4 heteroatoms. The number of hydrogen-bond acceptors (Lipinski definition) is 3. The summed E-state index contributed by atoms with van der Waals surface area (Å²) in [6.45, 7) is 4.13. The Balaban J connectivity index is 2.16. The minimum Gasteiger partial charge on any atom is -0.467 e. The van der Waals surface area contributed by atoms with Gasteiger partial charge in [0.1, 0.15) is 5.76 Å². The van der Waals surface area contributed by atoms with Crippen LogP contribution < -0.4 is 5.32 Å². The van der Waals surface area contributed by atoms with Gasteiger partial charge < -0.3 is 9.73 Å². The van der Waals surface area contributed by atoms with Gasteiger partial charge in [-0.1, -0.05) is 6.92 Å². The standard InChI is InChI=1S/C12H17N3O/c1-4-10(12-6-5-7-16-12)13-11-8-15(3)14-9(11)2/h5-8,10,13H,4H2,1-3H3. The fraction of sp³-hybridized carbons (Fsp3) is 0.417. The maximum absolute atomic E-state index is 5.42. The molecule has 0 aliphatic heterocycles. The highest BCUT2D eigenvalue weighted by atomic mass is 16.3. The quantitative estimate of drug-likeness (QED) is 0.859. The molecule has 0 amide bonds. The van der Waals surface area contributed by atoms with Crippen molar-refractivity contribution in [2.45, 2.75) is 26.3 Å². The summed E-state index contributed by atoms with van der Waals surface area (Å²) >= 11 is 0. The second-order valence-electron chi connectivity index (χ2n) is 3.92. The zero-order valence-electron chi connectivity index (χ0n) is 9.90. The number of nitrogens with one attached hydrogen (secondary N) is 1. The molecule has 0 saturated carbocycles. The summed E-state index contributed by atoms with van der Waals surface area (Å²) in [5, 5.41) is 7.75. The molecule has 0 radical (unpaired) electrons. The fourth-order valence-electron chi connectivity index (χ4n) is 1.79. The lowest BCUT2D eigenvalue weighted by Crippen LogP contribution is -2.08. The zero-order valence-corrected chi connectivity index (χ0v) is 9.90. The molecule has 4 nitrogen and oxygen atoms in total. The molecule has 2 aromatic rings. The molecular weight excluding hydrogens is 202 g/mol. The van der Waals surface area contributed by atoms with Gasteiger partial charge in [0.15, 0.2) is 0 Å². The molecule has 16 heavy (non-hydrogen) atoms. The summed E-state index contributed by atoms with van der Waals surface area (Å²) in [5.41, 5.74) is 2.07. The Morgan fingerprint density at radius 2 is 2.38 bits per heavy atom. The van der Waals surface area contributed by atoms with Crippen molar-refractivity contribution >= 4 is 5.69 Å². The summed E-state index contributed by atoms with van der Waals surface area (Å²) in [7, 11) is 1.92. The van der Waals surface area contributed by atoms with E-state index in [1.165, 1.54) is 0 Å². The number of nitrogens with zero attached hydrogens (tertiary/aromatic N) is 2. The molecule has 2 aromatic heterocycles. The van der Waals surface area contributed by atoms with E-state index in [0.29, 0.717) is 0 Å². The summed E-state index contributed by atoms with van der Waals surface area (Å²) in [4.78, 5) is 0. The molecule has 2 rings (SSSR count). The minimum atomic E-state index is 0.206. The highest BCUT2D eigenvalue weighted by Crippen LogP contribution is 2.24. The van der Waals surface area contributed by atoms with Crippen LogP contribution in [0.3, 0.4) is 0 Å². The number of anilines is 1. The molecule has 0 saturated heterocycles. The SMILES string of the molecule is CCC(Nc1cn(C)nc1C)c1ccco1. The molecule has 2 heterocycles. The van der Waals surface area contributed by atoms with E-state index in [-0.39, 0.29) is 6.04 Å². The number of aromatic nitrogens is 2. The molecule has 0 aliphatic rings. The first-order valence-electron chi connectivity index (χ1n) is 5.51. The predicted octanol–water partition coefficient (Wildman–Crippen LogP) is 2.88. The van der Waals surface area contributed by atoms with Crippen molar-refractivity contribution in [1.29, 1.82) is 0 Å². The first-order chi connectivity index (χ1) is 7.70. The minimum absolute atomic E-state index is 0.206. The Bertz CT molecular complexity index is 445. The molecule has 0 bridgehead atoms. The fourth-order valence-corrected chi connectivity index (χ4v) is 1.79. The average Bonchev–Trinajstić information content (AvgIpc) is 2.85. The molecule has 1 N–H and O–H groups in total. The number of rotatable bonds is 4. The van der Waals surface area contributed by atoms with E-state index in [4.69, 9.17) is 4.42 Å². The lowest BCUT2D eigenvalue weighted by molar-refractivity contribution is 0.474. The lowest BCUT2D eigenvalue weighted by Gasteiger charge is -2.14. The Kier molecular flexibility index (Phi) is 2.99. The molecule has 0 aromatic carbocycles. The Morgan fingerprint density at radius 1 is 1.56 bits per heavy atom. The average molecular weight is 219 g/mol. The summed E-state index contributed by atoms with van der Waals surface area (Å²) in [5.74, 6) is 0.964. The smallest absolute Gasteiger partial charge is 0.125 e. The van der Waals surface area contributed by atoms with E-state index in [1.54, 1.807) is 6.26 Å². The molecule has 0 spiro atoms.